The predicted octanol–water partition coefficient (Wildman–Crippen LogP) is -0.663. The highest BCUT2D eigenvalue weighted by Gasteiger charge is 2.32. The van der Waals surface area contributed by atoms with Crippen LogP contribution in [0, 0.1) is 5.92 Å². The second-order valence-corrected chi connectivity index (χ2v) is 3.07. The number of hydrogen-bond acceptors (Lipinski definition) is 2. The molecule has 2 nitrogen and oxygen atoms in total. The van der Waals surface area contributed by atoms with Crippen molar-refractivity contribution in [2.75, 3.05) is 6.61 Å². The van der Waals surface area contributed by atoms with Gasteiger partial charge >= 0.3 is 0 Å². The lowest BCUT2D eigenvalue weighted by atomic mass is 9.82. The van der Waals surface area contributed by atoms with Crippen LogP contribution in [0.3, 0.4) is 0 Å². The van der Waals surface area contributed by atoms with Crippen molar-refractivity contribution in [3.8, 4) is 0 Å². The highest BCUT2D eigenvalue weighted by atomic mass is 16.3. The Hall–Kier alpha value is -0.275. The Labute approximate surface area is 62.0 Å². The molecule has 0 aromatic carbocycles. The maximum atomic E-state index is 9.31. The van der Waals surface area contributed by atoms with E-state index in [9.17, 15) is 5.11 Å². The molecular weight excluding hydrogens is 127 g/mol. The molecule has 0 aromatic rings. The van der Waals surface area contributed by atoms with Gasteiger partial charge in [-0.15, -0.1) is 0 Å². The fraction of sp³-hybridized carbons (Fsp3) is 0.714. The lowest BCUT2D eigenvalue weighted by molar-refractivity contribution is 0.103. The SMILES string of the molecule is B[C@H]1C[C@H](O)[C@@H](CO)C1=C. The fourth-order valence-corrected chi connectivity index (χ4v) is 1.53. The molecule has 0 saturated heterocycles. The van der Waals surface area contributed by atoms with Crippen LogP contribution < -0.4 is 0 Å². The lowest BCUT2D eigenvalue weighted by Gasteiger charge is -2.11. The maximum absolute atomic E-state index is 9.31. The number of hydrogen-bond donors (Lipinski definition) is 2. The highest BCUT2D eigenvalue weighted by molar-refractivity contribution is 6.14. The third-order valence-corrected chi connectivity index (χ3v) is 2.37. The zero-order valence-electron chi connectivity index (χ0n) is 6.25. The average Bonchev–Trinajstić information content (AvgIpc) is 2.09. The van der Waals surface area contributed by atoms with E-state index in [0.717, 1.165) is 12.0 Å². The van der Waals surface area contributed by atoms with E-state index in [0.29, 0.717) is 5.82 Å². The zero-order chi connectivity index (χ0) is 7.72. The van der Waals surface area contributed by atoms with Crippen LogP contribution in [0.15, 0.2) is 12.2 Å². The molecule has 0 heterocycles. The molecule has 3 heteroatoms. The van der Waals surface area contributed by atoms with Crippen LogP contribution in [0.2, 0.25) is 5.82 Å². The van der Waals surface area contributed by atoms with Crippen molar-refractivity contribution < 1.29 is 10.2 Å². The average molecular weight is 140 g/mol. The Morgan fingerprint density at radius 2 is 2.30 bits per heavy atom. The van der Waals surface area contributed by atoms with Gasteiger partial charge in [-0.05, 0) is 12.2 Å². The van der Waals surface area contributed by atoms with Crippen LogP contribution >= 0.6 is 0 Å². The minimum Gasteiger partial charge on any atom is -0.396 e. The molecule has 0 aromatic heterocycles. The number of aliphatic hydroxyl groups excluding tert-OH is 2. The Kier molecular flexibility index (Phi) is 2.16. The Morgan fingerprint density at radius 1 is 1.70 bits per heavy atom. The number of aliphatic hydroxyl groups is 2. The molecular formula is C7H13BO2. The topological polar surface area (TPSA) is 40.5 Å². The summed E-state index contributed by atoms with van der Waals surface area (Å²) in [6.07, 6.45) is 0.386. The van der Waals surface area contributed by atoms with E-state index in [-0.39, 0.29) is 18.6 Å². The van der Waals surface area contributed by atoms with Crippen LogP contribution in [-0.4, -0.2) is 30.8 Å². The van der Waals surface area contributed by atoms with Gasteiger partial charge in [0.1, 0.15) is 7.85 Å². The first-order chi connectivity index (χ1) is 4.66. The molecule has 56 valence electrons. The molecule has 0 bridgehead atoms. The standard InChI is InChI=1S/C7H13BO2/c1-4-5(3-9)7(10)2-6(4)8/h5-7,9-10H,1-3,8H2/t5-,6-,7-/m0/s1. The van der Waals surface area contributed by atoms with E-state index in [1.165, 1.54) is 0 Å². The second kappa shape index (κ2) is 2.76. The van der Waals surface area contributed by atoms with E-state index in [1.54, 1.807) is 0 Å². The molecule has 0 aliphatic heterocycles. The molecule has 0 amide bonds. The lowest BCUT2D eigenvalue weighted by Crippen LogP contribution is -2.17. The van der Waals surface area contributed by atoms with Crippen LogP contribution in [0.1, 0.15) is 6.42 Å². The quantitative estimate of drug-likeness (QED) is 0.374. The largest absolute Gasteiger partial charge is 0.396 e. The molecule has 1 aliphatic rings. The van der Waals surface area contributed by atoms with Gasteiger partial charge in [-0.2, -0.15) is 0 Å². The summed E-state index contributed by atoms with van der Waals surface area (Å²) in [5.41, 5.74) is 0.995. The molecule has 1 aliphatic carbocycles. The van der Waals surface area contributed by atoms with E-state index in [1.807, 2.05) is 7.85 Å². The van der Waals surface area contributed by atoms with E-state index in [4.69, 9.17) is 5.11 Å². The van der Waals surface area contributed by atoms with Gasteiger partial charge in [0.2, 0.25) is 0 Å². The van der Waals surface area contributed by atoms with Crippen molar-refractivity contribution in [2.45, 2.75) is 18.3 Å². The summed E-state index contributed by atoms with van der Waals surface area (Å²) in [7, 11) is 2.03. The monoisotopic (exact) mass is 140 g/mol. The van der Waals surface area contributed by atoms with E-state index >= 15 is 0 Å². The molecule has 1 rings (SSSR count). The van der Waals surface area contributed by atoms with Gasteiger partial charge in [0.25, 0.3) is 0 Å². The first-order valence-electron chi connectivity index (χ1n) is 3.64. The van der Waals surface area contributed by atoms with Crippen LogP contribution in [0.4, 0.5) is 0 Å². The molecule has 1 saturated carbocycles. The van der Waals surface area contributed by atoms with Crippen LogP contribution in [0.25, 0.3) is 0 Å². The first kappa shape index (κ1) is 7.83. The van der Waals surface area contributed by atoms with Gasteiger partial charge < -0.3 is 10.2 Å². The Morgan fingerprint density at radius 3 is 2.50 bits per heavy atom. The van der Waals surface area contributed by atoms with E-state index < -0.39 is 0 Å². The van der Waals surface area contributed by atoms with Crippen molar-refractivity contribution in [3.63, 3.8) is 0 Å². The van der Waals surface area contributed by atoms with Crippen molar-refractivity contribution in [3.05, 3.63) is 12.2 Å². The minimum atomic E-state index is -0.368. The molecule has 0 radical (unpaired) electrons. The summed E-state index contributed by atoms with van der Waals surface area (Å²) in [5, 5.41) is 18.1. The zero-order valence-corrected chi connectivity index (χ0v) is 6.25. The summed E-state index contributed by atoms with van der Waals surface area (Å²) in [4.78, 5) is 0. The van der Waals surface area contributed by atoms with Crippen molar-refractivity contribution >= 4 is 7.85 Å². The molecule has 10 heavy (non-hydrogen) atoms. The van der Waals surface area contributed by atoms with Crippen LogP contribution in [-0.2, 0) is 0 Å². The molecule has 2 N–H and O–H groups in total. The smallest absolute Gasteiger partial charge is 0.110 e. The van der Waals surface area contributed by atoms with Gasteiger partial charge in [0, 0.05) is 5.92 Å². The molecule has 3 atom stereocenters. The highest BCUT2D eigenvalue weighted by Crippen LogP contribution is 2.37. The summed E-state index contributed by atoms with van der Waals surface area (Å²) in [5.74, 6) is 0.294. The molecule has 0 spiro atoms. The van der Waals surface area contributed by atoms with Gasteiger partial charge in [-0.3, -0.25) is 0 Å². The first-order valence-corrected chi connectivity index (χ1v) is 3.64. The summed E-state index contributed by atoms with van der Waals surface area (Å²) < 4.78 is 0. The van der Waals surface area contributed by atoms with Gasteiger partial charge in [0.15, 0.2) is 0 Å². The van der Waals surface area contributed by atoms with Crippen LogP contribution in [0.5, 0.6) is 0 Å². The summed E-state index contributed by atoms with van der Waals surface area (Å²) in [6.45, 7) is 3.85. The Bertz CT molecular complexity index is 147. The van der Waals surface area contributed by atoms with E-state index in [2.05, 4.69) is 6.58 Å². The third-order valence-electron chi connectivity index (χ3n) is 2.37. The van der Waals surface area contributed by atoms with Crippen molar-refractivity contribution in [2.24, 2.45) is 5.92 Å². The third kappa shape index (κ3) is 1.11. The Balaban J connectivity index is 2.64. The normalized spacial score (nSPS) is 40.6. The van der Waals surface area contributed by atoms with Crippen molar-refractivity contribution in [1.82, 2.24) is 0 Å². The maximum Gasteiger partial charge on any atom is 0.110 e. The van der Waals surface area contributed by atoms with Gasteiger partial charge in [0.05, 0.1) is 12.7 Å². The minimum absolute atomic E-state index is 0.0321. The second-order valence-electron chi connectivity index (χ2n) is 3.07. The summed E-state index contributed by atoms with van der Waals surface area (Å²) >= 11 is 0. The number of rotatable bonds is 1. The molecule has 1 fully saturated rings. The summed E-state index contributed by atoms with van der Waals surface area (Å²) in [6, 6.07) is 0. The predicted molar refractivity (Wildman–Crippen MR) is 42.6 cm³/mol. The van der Waals surface area contributed by atoms with Gasteiger partial charge in [-0.1, -0.05) is 12.2 Å². The van der Waals surface area contributed by atoms with Gasteiger partial charge in [-0.25, -0.2) is 0 Å². The molecule has 0 unspecified atom stereocenters. The van der Waals surface area contributed by atoms with Crippen molar-refractivity contribution in [1.29, 1.82) is 0 Å². The fourth-order valence-electron chi connectivity index (χ4n) is 1.53.